The van der Waals surface area contributed by atoms with E-state index >= 15 is 0 Å². The Balaban J connectivity index is 1.27. The minimum Gasteiger partial charge on any atom is -0.470 e. The molecule has 4 atom stereocenters. The van der Waals surface area contributed by atoms with Crippen LogP contribution in [0.1, 0.15) is 0 Å². The number of pyridine rings is 1. The largest absolute Gasteiger partial charge is 0.470 e. The van der Waals surface area contributed by atoms with Crippen LogP contribution in [-0.2, 0) is 14.2 Å². The van der Waals surface area contributed by atoms with Crippen molar-refractivity contribution in [1.29, 1.82) is 0 Å². The maximum atomic E-state index is 9.93. The van der Waals surface area contributed by atoms with Gasteiger partial charge in [0.25, 0.3) is 0 Å². The second kappa shape index (κ2) is 8.61. The first kappa shape index (κ1) is 21.5. The van der Waals surface area contributed by atoms with Gasteiger partial charge >= 0.3 is 0 Å². The molecule has 3 aliphatic rings. The molecule has 3 saturated heterocycles. The SMILES string of the molecule is O[C@@H]1CO[C@H]2[C@@H]1OC[C@H]2Oc1cc2nc(-c3ccc(N4CCOCC4)cc3)c(Cl)c(Cl)c2[nH]1. The highest BCUT2D eigenvalue weighted by Gasteiger charge is 2.48. The molecule has 10 heteroatoms. The van der Waals surface area contributed by atoms with Crippen LogP contribution in [0, 0.1) is 0 Å². The van der Waals surface area contributed by atoms with E-state index in [1.807, 2.05) is 12.1 Å². The van der Waals surface area contributed by atoms with E-state index in [0.717, 1.165) is 37.6 Å². The van der Waals surface area contributed by atoms with Crippen LogP contribution in [0.5, 0.6) is 5.88 Å². The van der Waals surface area contributed by atoms with Gasteiger partial charge in [-0.25, -0.2) is 4.98 Å². The van der Waals surface area contributed by atoms with E-state index in [2.05, 4.69) is 22.0 Å². The number of benzene rings is 1. The van der Waals surface area contributed by atoms with Crippen molar-refractivity contribution in [1.82, 2.24) is 9.97 Å². The molecule has 3 aliphatic heterocycles. The van der Waals surface area contributed by atoms with Gasteiger partial charge in [0.15, 0.2) is 12.0 Å². The first-order valence-corrected chi connectivity index (χ1v) is 11.7. The third-order valence-electron chi connectivity index (χ3n) is 6.40. The predicted octanol–water partition coefficient (Wildman–Crippen LogP) is 3.28. The fourth-order valence-corrected chi connectivity index (χ4v) is 5.15. The highest BCUT2D eigenvalue weighted by Crippen LogP contribution is 2.39. The highest BCUT2D eigenvalue weighted by atomic mass is 35.5. The van der Waals surface area contributed by atoms with Crippen molar-refractivity contribution in [3.05, 3.63) is 40.4 Å². The van der Waals surface area contributed by atoms with Crippen molar-refractivity contribution in [3.63, 3.8) is 0 Å². The van der Waals surface area contributed by atoms with E-state index < -0.39 is 6.10 Å². The number of hydrogen-bond donors (Lipinski definition) is 2. The second-order valence-corrected chi connectivity index (χ2v) is 9.20. The number of fused-ring (bicyclic) bond motifs is 2. The topological polar surface area (TPSA) is 89.1 Å². The van der Waals surface area contributed by atoms with E-state index in [9.17, 15) is 5.11 Å². The minimum atomic E-state index is -0.626. The lowest BCUT2D eigenvalue weighted by Crippen LogP contribution is -2.36. The Morgan fingerprint density at radius 1 is 1.03 bits per heavy atom. The van der Waals surface area contributed by atoms with Gasteiger partial charge in [-0.15, -0.1) is 0 Å². The highest BCUT2D eigenvalue weighted by molar-refractivity contribution is 6.46. The number of nitrogens with one attached hydrogen (secondary N) is 1. The molecule has 0 aliphatic carbocycles. The molecule has 3 aromatic rings. The summed E-state index contributed by atoms with van der Waals surface area (Å²) < 4.78 is 22.8. The number of rotatable bonds is 4. The van der Waals surface area contributed by atoms with Crippen molar-refractivity contribution in [2.24, 2.45) is 0 Å². The van der Waals surface area contributed by atoms with Gasteiger partial charge in [0.2, 0.25) is 0 Å². The van der Waals surface area contributed by atoms with Gasteiger partial charge in [-0.2, -0.15) is 0 Å². The van der Waals surface area contributed by atoms with E-state index in [0.29, 0.717) is 39.3 Å². The van der Waals surface area contributed by atoms with Gasteiger partial charge in [-0.05, 0) is 12.1 Å². The van der Waals surface area contributed by atoms with Crippen LogP contribution < -0.4 is 9.64 Å². The number of nitrogens with zero attached hydrogens (tertiary/aromatic N) is 2. The average Bonchev–Trinajstić information content (AvgIpc) is 3.54. The monoisotopic (exact) mass is 491 g/mol. The predicted molar refractivity (Wildman–Crippen MR) is 124 cm³/mol. The molecule has 0 amide bonds. The summed E-state index contributed by atoms with van der Waals surface area (Å²) in [5.74, 6) is 0.495. The molecule has 3 fully saturated rings. The van der Waals surface area contributed by atoms with Crippen molar-refractivity contribution < 1.29 is 24.1 Å². The number of anilines is 1. The Morgan fingerprint density at radius 2 is 1.79 bits per heavy atom. The first-order chi connectivity index (χ1) is 16.1. The van der Waals surface area contributed by atoms with E-state index in [4.69, 9.17) is 47.1 Å². The number of hydrogen-bond acceptors (Lipinski definition) is 7. The summed E-state index contributed by atoms with van der Waals surface area (Å²) in [5.41, 5.74) is 3.88. The molecule has 1 aromatic carbocycles. The lowest BCUT2D eigenvalue weighted by Gasteiger charge is -2.28. The molecule has 0 spiro atoms. The maximum Gasteiger partial charge on any atom is 0.193 e. The zero-order valence-corrected chi connectivity index (χ0v) is 19.2. The summed E-state index contributed by atoms with van der Waals surface area (Å²) >= 11 is 13.2. The number of aliphatic hydroxyl groups is 1. The van der Waals surface area contributed by atoms with Crippen molar-refractivity contribution in [3.8, 4) is 17.1 Å². The summed E-state index contributed by atoms with van der Waals surface area (Å²) in [6, 6.07) is 9.93. The molecule has 0 unspecified atom stereocenters. The lowest BCUT2D eigenvalue weighted by atomic mass is 10.1. The van der Waals surface area contributed by atoms with E-state index in [-0.39, 0.29) is 24.9 Å². The first-order valence-electron chi connectivity index (χ1n) is 11.0. The molecule has 6 rings (SSSR count). The third kappa shape index (κ3) is 3.84. The zero-order chi connectivity index (χ0) is 22.5. The number of aromatic amines is 1. The number of aromatic nitrogens is 2. The summed E-state index contributed by atoms with van der Waals surface area (Å²) in [7, 11) is 0. The Morgan fingerprint density at radius 3 is 2.58 bits per heavy atom. The Hall–Kier alpha value is -2.07. The standard InChI is InChI=1S/C23H23Cl2N3O5/c24-18-19(25)21-14(9-17(27-21)33-16-11-32-22-15(29)10-31-23(16)22)26-20(18)12-1-3-13(4-2-12)28-5-7-30-8-6-28/h1-4,9,15-16,22-23,27,29H,5-8,10-11H2/t15-,16-,22-,23-/m1/s1. The second-order valence-electron chi connectivity index (χ2n) is 8.45. The summed E-state index contributed by atoms with van der Waals surface area (Å²) in [5, 5.41) is 10.7. The van der Waals surface area contributed by atoms with E-state index in [1.165, 1.54) is 0 Å². The van der Waals surface area contributed by atoms with Gasteiger partial charge < -0.3 is 33.9 Å². The molecular formula is C23H23Cl2N3O5. The molecule has 0 radical (unpaired) electrons. The lowest BCUT2D eigenvalue weighted by molar-refractivity contribution is 0.00794. The van der Waals surface area contributed by atoms with E-state index in [1.54, 1.807) is 6.07 Å². The molecule has 2 N–H and O–H groups in total. The van der Waals surface area contributed by atoms with Crippen LogP contribution in [0.25, 0.3) is 22.3 Å². The molecule has 33 heavy (non-hydrogen) atoms. The summed E-state index contributed by atoms with van der Waals surface area (Å²) in [6.07, 6.45) is -1.62. The fraction of sp³-hybridized carbons (Fsp3) is 0.435. The van der Waals surface area contributed by atoms with Crippen molar-refractivity contribution in [2.45, 2.75) is 24.4 Å². The molecule has 174 valence electrons. The van der Waals surface area contributed by atoms with Gasteiger partial charge in [-0.3, -0.25) is 0 Å². The zero-order valence-electron chi connectivity index (χ0n) is 17.7. The minimum absolute atomic E-state index is 0.249. The number of aliphatic hydroxyl groups excluding tert-OH is 1. The molecule has 5 heterocycles. The average molecular weight is 492 g/mol. The molecular weight excluding hydrogens is 469 g/mol. The van der Waals surface area contributed by atoms with Gasteiger partial charge in [-0.1, -0.05) is 35.3 Å². The number of ether oxygens (including phenoxy) is 4. The third-order valence-corrected chi connectivity index (χ3v) is 7.24. The fourth-order valence-electron chi connectivity index (χ4n) is 4.67. The van der Waals surface area contributed by atoms with Crippen LogP contribution >= 0.6 is 23.2 Å². The number of H-pyrrole nitrogens is 1. The number of halogens is 2. The van der Waals surface area contributed by atoms with Crippen LogP contribution in [0.2, 0.25) is 10.0 Å². The Labute approximate surface area is 200 Å². The van der Waals surface area contributed by atoms with Crippen LogP contribution in [0.4, 0.5) is 5.69 Å². The van der Waals surface area contributed by atoms with Gasteiger partial charge in [0.1, 0.15) is 18.3 Å². The van der Waals surface area contributed by atoms with Crippen LogP contribution in [0.15, 0.2) is 30.3 Å². The Bertz CT molecular complexity index is 1170. The van der Waals surface area contributed by atoms with Crippen LogP contribution in [-0.4, -0.2) is 79.0 Å². The van der Waals surface area contributed by atoms with Gasteiger partial charge in [0.05, 0.1) is 53.2 Å². The maximum absolute atomic E-state index is 9.93. The van der Waals surface area contributed by atoms with Gasteiger partial charge in [0, 0.05) is 30.4 Å². The van der Waals surface area contributed by atoms with Crippen molar-refractivity contribution >= 4 is 39.9 Å². The van der Waals surface area contributed by atoms with Crippen molar-refractivity contribution in [2.75, 3.05) is 44.4 Å². The molecule has 0 bridgehead atoms. The quantitative estimate of drug-likeness (QED) is 0.578. The smallest absolute Gasteiger partial charge is 0.193 e. The summed E-state index contributed by atoms with van der Waals surface area (Å²) in [6.45, 7) is 3.81. The van der Waals surface area contributed by atoms with Crippen LogP contribution in [0.3, 0.4) is 0 Å². The molecule has 8 nitrogen and oxygen atoms in total. The Kier molecular flexibility index (Phi) is 5.60. The summed E-state index contributed by atoms with van der Waals surface area (Å²) in [4.78, 5) is 10.2. The molecule has 2 aromatic heterocycles. The number of morpholine rings is 1. The molecule has 0 saturated carbocycles. The normalized spacial score (nSPS) is 27.3.